The van der Waals surface area contributed by atoms with Crippen LogP contribution in [0.3, 0.4) is 0 Å². The highest BCUT2D eigenvalue weighted by Gasteiger charge is 2.21. The molecule has 0 amide bonds. The van der Waals surface area contributed by atoms with Crippen molar-refractivity contribution in [3.63, 3.8) is 0 Å². The quantitative estimate of drug-likeness (QED) is 0.600. The Morgan fingerprint density at radius 2 is 1.54 bits per heavy atom. The molecule has 0 spiro atoms. The van der Waals surface area contributed by atoms with Crippen molar-refractivity contribution in [2.75, 3.05) is 14.2 Å². The summed E-state index contributed by atoms with van der Waals surface area (Å²) in [7, 11) is 3.09. The number of methoxy groups -OCH3 is 2. The molecule has 5 heteroatoms. The van der Waals surface area contributed by atoms with Crippen LogP contribution in [0.25, 0.3) is 0 Å². The van der Waals surface area contributed by atoms with Gasteiger partial charge in [-0.1, -0.05) is 6.07 Å². The van der Waals surface area contributed by atoms with Crippen molar-refractivity contribution in [3.8, 4) is 11.5 Å². The van der Waals surface area contributed by atoms with Gasteiger partial charge < -0.3 is 14.2 Å². The van der Waals surface area contributed by atoms with Crippen molar-refractivity contribution < 1.29 is 23.8 Å². The first-order chi connectivity index (χ1) is 11.5. The molecule has 0 N–H and O–H groups in total. The van der Waals surface area contributed by atoms with Crippen LogP contribution in [0.4, 0.5) is 0 Å². The molecule has 0 fully saturated rings. The predicted molar refractivity (Wildman–Crippen MR) is 89.9 cm³/mol. The lowest BCUT2D eigenvalue weighted by Crippen LogP contribution is -2.24. The molecule has 0 aliphatic rings. The topological polar surface area (TPSA) is 61.8 Å². The zero-order chi connectivity index (χ0) is 17.7. The summed E-state index contributed by atoms with van der Waals surface area (Å²) in [5.41, 5.74) is 1.71. The minimum atomic E-state index is -0.891. The smallest absolute Gasteiger partial charge is 0.338 e. The second-order valence-electron chi connectivity index (χ2n) is 5.32. The molecule has 0 bridgehead atoms. The second-order valence-corrected chi connectivity index (χ2v) is 5.32. The fourth-order valence-corrected chi connectivity index (χ4v) is 2.22. The fourth-order valence-electron chi connectivity index (χ4n) is 2.22. The van der Waals surface area contributed by atoms with Gasteiger partial charge in [0.15, 0.2) is 6.10 Å². The molecule has 2 aromatic rings. The van der Waals surface area contributed by atoms with Gasteiger partial charge in [0, 0.05) is 5.56 Å². The lowest BCUT2D eigenvalue weighted by Gasteiger charge is -2.13. The molecule has 1 atom stereocenters. The standard InChI is InChI=1S/C19H20O5/c1-12-5-6-15(11-17(12)23-4)19(21)24-13(2)18(20)14-7-9-16(22-3)10-8-14/h5-11,13H,1-4H3/t13-/m1/s1. The van der Waals surface area contributed by atoms with Crippen LogP contribution in [-0.4, -0.2) is 32.1 Å². The van der Waals surface area contributed by atoms with E-state index in [-0.39, 0.29) is 5.78 Å². The van der Waals surface area contributed by atoms with Crippen LogP contribution in [0, 0.1) is 6.92 Å². The van der Waals surface area contributed by atoms with E-state index in [0.29, 0.717) is 22.6 Å². The summed E-state index contributed by atoms with van der Waals surface area (Å²) in [6.07, 6.45) is -0.891. The van der Waals surface area contributed by atoms with Crippen molar-refractivity contribution in [1.29, 1.82) is 0 Å². The van der Waals surface area contributed by atoms with Crippen LogP contribution < -0.4 is 9.47 Å². The molecule has 0 unspecified atom stereocenters. The number of carbonyl (C=O) groups is 2. The summed E-state index contributed by atoms with van der Waals surface area (Å²) in [6, 6.07) is 11.7. The summed E-state index contributed by atoms with van der Waals surface area (Å²) in [5.74, 6) is 0.411. The van der Waals surface area contributed by atoms with E-state index >= 15 is 0 Å². The van der Waals surface area contributed by atoms with Crippen molar-refractivity contribution >= 4 is 11.8 Å². The van der Waals surface area contributed by atoms with E-state index in [1.807, 2.05) is 6.92 Å². The molecule has 0 aliphatic heterocycles. The minimum Gasteiger partial charge on any atom is -0.497 e. The minimum absolute atomic E-state index is 0.273. The van der Waals surface area contributed by atoms with Crippen molar-refractivity contribution in [3.05, 3.63) is 59.2 Å². The van der Waals surface area contributed by atoms with Gasteiger partial charge >= 0.3 is 5.97 Å². The molecule has 0 heterocycles. The summed E-state index contributed by atoms with van der Waals surface area (Å²) < 4.78 is 15.5. The van der Waals surface area contributed by atoms with Crippen LogP contribution >= 0.6 is 0 Å². The molecule has 0 aliphatic carbocycles. The average molecular weight is 328 g/mol. The normalized spacial score (nSPS) is 11.5. The van der Waals surface area contributed by atoms with Crippen LogP contribution in [0.5, 0.6) is 11.5 Å². The SMILES string of the molecule is COc1ccc(C(=O)[C@@H](C)OC(=O)c2ccc(C)c(OC)c2)cc1. The molecule has 0 aromatic heterocycles. The average Bonchev–Trinajstić information content (AvgIpc) is 2.61. The largest absolute Gasteiger partial charge is 0.497 e. The number of carbonyl (C=O) groups excluding carboxylic acids is 2. The maximum Gasteiger partial charge on any atom is 0.338 e. The monoisotopic (exact) mass is 328 g/mol. The van der Waals surface area contributed by atoms with Crippen LogP contribution in [0.15, 0.2) is 42.5 Å². The van der Waals surface area contributed by atoms with Gasteiger partial charge in [-0.3, -0.25) is 4.79 Å². The second kappa shape index (κ2) is 7.64. The number of aryl methyl sites for hydroxylation is 1. The Bertz CT molecular complexity index is 734. The first-order valence-corrected chi connectivity index (χ1v) is 7.50. The summed E-state index contributed by atoms with van der Waals surface area (Å²) >= 11 is 0. The molecule has 0 saturated carbocycles. The van der Waals surface area contributed by atoms with Crippen LogP contribution in [-0.2, 0) is 4.74 Å². The van der Waals surface area contributed by atoms with E-state index in [1.165, 1.54) is 7.11 Å². The number of benzene rings is 2. The van der Waals surface area contributed by atoms with Gasteiger partial charge in [0.05, 0.1) is 19.8 Å². The number of ether oxygens (including phenoxy) is 3. The maximum absolute atomic E-state index is 12.3. The summed E-state index contributed by atoms with van der Waals surface area (Å²) in [4.78, 5) is 24.6. The highest BCUT2D eigenvalue weighted by molar-refractivity contribution is 6.01. The molecule has 5 nitrogen and oxygen atoms in total. The third-order valence-corrected chi connectivity index (χ3v) is 3.67. The fraction of sp³-hybridized carbons (Fsp3) is 0.263. The van der Waals surface area contributed by atoms with E-state index in [1.54, 1.807) is 56.5 Å². The Morgan fingerprint density at radius 1 is 0.917 bits per heavy atom. The first kappa shape index (κ1) is 17.5. The van der Waals surface area contributed by atoms with Gasteiger partial charge in [-0.2, -0.15) is 0 Å². The zero-order valence-electron chi connectivity index (χ0n) is 14.2. The van der Waals surface area contributed by atoms with E-state index in [2.05, 4.69) is 0 Å². The Balaban J connectivity index is 2.08. The summed E-state index contributed by atoms with van der Waals surface area (Å²) in [6.45, 7) is 3.43. The number of ketones is 1. The van der Waals surface area contributed by atoms with Crippen LogP contribution in [0.2, 0.25) is 0 Å². The van der Waals surface area contributed by atoms with Gasteiger partial charge in [-0.15, -0.1) is 0 Å². The highest BCUT2D eigenvalue weighted by atomic mass is 16.5. The van der Waals surface area contributed by atoms with Gasteiger partial charge in [0.25, 0.3) is 0 Å². The Morgan fingerprint density at radius 3 is 2.12 bits per heavy atom. The predicted octanol–water partition coefficient (Wildman–Crippen LogP) is 3.44. The van der Waals surface area contributed by atoms with Crippen LogP contribution in [0.1, 0.15) is 33.2 Å². The Kier molecular flexibility index (Phi) is 5.58. The van der Waals surface area contributed by atoms with Crippen molar-refractivity contribution in [2.24, 2.45) is 0 Å². The highest BCUT2D eigenvalue weighted by Crippen LogP contribution is 2.20. The van der Waals surface area contributed by atoms with Gasteiger partial charge in [-0.25, -0.2) is 4.79 Å². The number of Topliss-reactive ketones (excluding diaryl/α,β-unsaturated/α-hetero) is 1. The molecule has 2 aromatic carbocycles. The molecular formula is C19H20O5. The Labute approximate surface area is 141 Å². The van der Waals surface area contributed by atoms with Gasteiger partial charge in [0.1, 0.15) is 11.5 Å². The van der Waals surface area contributed by atoms with E-state index in [9.17, 15) is 9.59 Å². The van der Waals surface area contributed by atoms with Gasteiger partial charge in [0.2, 0.25) is 5.78 Å². The molecule has 2 rings (SSSR count). The zero-order valence-corrected chi connectivity index (χ0v) is 14.2. The number of hydrogen-bond acceptors (Lipinski definition) is 5. The van der Waals surface area contributed by atoms with Crippen molar-refractivity contribution in [2.45, 2.75) is 20.0 Å². The number of rotatable bonds is 6. The lowest BCUT2D eigenvalue weighted by atomic mass is 10.1. The molecule has 126 valence electrons. The number of hydrogen-bond donors (Lipinski definition) is 0. The third kappa shape index (κ3) is 3.93. The van der Waals surface area contributed by atoms with Crippen molar-refractivity contribution in [1.82, 2.24) is 0 Å². The first-order valence-electron chi connectivity index (χ1n) is 7.50. The maximum atomic E-state index is 12.3. The van der Waals surface area contributed by atoms with E-state index < -0.39 is 12.1 Å². The van der Waals surface area contributed by atoms with E-state index in [4.69, 9.17) is 14.2 Å². The molecular weight excluding hydrogens is 308 g/mol. The van der Waals surface area contributed by atoms with E-state index in [0.717, 1.165) is 5.56 Å². The molecule has 24 heavy (non-hydrogen) atoms. The Hall–Kier alpha value is -2.82. The number of esters is 1. The van der Waals surface area contributed by atoms with Gasteiger partial charge in [-0.05, 0) is 55.8 Å². The third-order valence-electron chi connectivity index (χ3n) is 3.67. The lowest BCUT2D eigenvalue weighted by molar-refractivity contribution is 0.0318. The summed E-state index contributed by atoms with van der Waals surface area (Å²) in [5, 5.41) is 0. The molecule has 0 saturated heterocycles. The molecule has 0 radical (unpaired) electrons.